The summed E-state index contributed by atoms with van der Waals surface area (Å²) in [7, 11) is 0. The third kappa shape index (κ3) is 3.08. The molecule has 14 heavy (non-hydrogen) atoms. The summed E-state index contributed by atoms with van der Waals surface area (Å²) >= 11 is 0. The van der Waals surface area contributed by atoms with E-state index in [9.17, 15) is 0 Å². The third-order valence-electron chi connectivity index (χ3n) is 2.82. The average molecular weight is 198 g/mol. The van der Waals surface area contributed by atoms with Gasteiger partial charge in [-0.3, -0.25) is 0 Å². The lowest BCUT2D eigenvalue weighted by Crippen LogP contribution is -2.56. The molecule has 1 saturated heterocycles. The molecule has 0 aliphatic carbocycles. The van der Waals surface area contributed by atoms with Gasteiger partial charge in [-0.15, -0.1) is 0 Å². The van der Waals surface area contributed by atoms with E-state index in [1.54, 1.807) is 0 Å². The summed E-state index contributed by atoms with van der Waals surface area (Å²) in [4.78, 5) is 0. The van der Waals surface area contributed by atoms with Gasteiger partial charge in [-0.25, -0.2) is 0 Å². The van der Waals surface area contributed by atoms with Gasteiger partial charge in [0.1, 0.15) is 0 Å². The number of hydrogen-bond donors (Lipinski definition) is 2. The monoisotopic (exact) mass is 198 g/mol. The van der Waals surface area contributed by atoms with Gasteiger partial charge in [-0.2, -0.15) is 0 Å². The Morgan fingerprint density at radius 3 is 2.93 bits per heavy atom. The molecule has 1 aliphatic heterocycles. The Morgan fingerprint density at radius 2 is 2.43 bits per heavy atom. The van der Waals surface area contributed by atoms with E-state index in [4.69, 9.17) is 10.5 Å². The average Bonchev–Trinajstić information content (AvgIpc) is 2.15. The van der Waals surface area contributed by atoms with Crippen LogP contribution in [0.5, 0.6) is 0 Å². The van der Waals surface area contributed by atoms with Crippen LogP contribution in [-0.2, 0) is 4.74 Å². The molecule has 82 valence electrons. The van der Waals surface area contributed by atoms with E-state index < -0.39 is 0 Å². The molecule has 0 spiro atoms. The number of nitrogens with one attached hydrogen (secondary N) is 1. The molecule has 1 aliphatic rings. The zero-order valence-corrected chi connectivity index (χ0v) is 9.31. The van der Waals surface area contributed by atoms with Crippen molar-refractivity contribution in [1.82, 2.24) is 5.32 Å². The van der Waals surface area contributed by atoms with Crippen molar-refractivity contribution in [2.45, 2.75) is 38.3 Å². The van der Waals surface area contributed by atoms with E-state index in [2.05, 4.69) is 18.8 Å². The normalized spacial score (nSPS) is 32.9. The molecule has 0 aromatic heterocycles. The summed E-state index contributed by atoms with van der Waals surface area (Å²) in [5.41, 5.74) is 7.06. The molecule has 0 amide bonds. The van der Waals surface area contributed by atoms with Crippen LogP contribution in [-0.4, -0.2) is 31.3 Å². The van der Waals surface area contributed by atoms with Gasteiger partial charge in [0, 0.05) is 25.2 Å². The van der Waals surface area contributed by atoms with E-state index in [1.807, 2.05) is 6.92 Å². The lowest BCUT2D eigenvalue weighted by molar-refractivity contribution is -0.0153. The van der Waals surface area contributed by atoms with Crippen molar-refractivity contribution < 1.29 is 4.74 Å². The SMILES string of the molecule is C=C(C)CNC1(CN)CCOC(C)C1. The predicted octanol–water partition coefficient (Wildman–Crippen LogP) is 1.05. The second-order valence-corrected chi connectivity index (χ2v) is 4.43. The number of nitrogens with two attached hydrogens (primary N) is 1. The standard InChI is InChI=1S/C11H22N2O/c1-9(2)7-13-11(8-12)4-5-14-10(3)6-11/h10,13H,1,4-8,12H2,2-3H3. The number of ether oxygens (including phenoxy) is 1. The van der Waals surface area contributed by atoms with Crippen LogP contribution in [0.3, 0.4) is 0 Å². The maximum absolute atomic E-state index is 5.84. The summed E-state index contributed by atoms with van der Waals surface area (Å²) in [6, 6.07) is 0. The quantitative estimate of drug-likeness (QED) is 0.664. The van der Waals surface area contributed by atoms with E-state index in [0.29, 0.717) is 12.6 Å². The topological polar surface area (TPSA) is 47.3 Å². The Balaban J connectivity index is 2.51. The Hall–Kier alpha value is -0.380. The Bertz CT molecular complexity index is 205. The van der Waals surface area contributed by atoms with Crippen LogP contribution in [0, 0.1) is 0 Å². The molecule has 1 heterocycles. The first-order valence-corrected chi connectivity index (χ1v) is 5.29. The van der Waals surface area contributed by atoms with Crippen LogP contribution in [0.4, 0.5) is 0 Å². The van der Waals surface area contributed by atoms with Crippen molar-refractivity contribution in [2.75, 3.05) is 19.7 Å². The minimum Gasteiger partial charge on any atom is -0.378 e. The van der Waals surface area contributed by atoms with E-state index in [0.717, 1.165) is 31.6 Å². The molecule has 0 aromatic rings. The van der Waals surface area contributed by atoms with Gasteiger partial charge in [0.15, 0.2) is 0 Å². The molecule has 3 heteroatoms. The molecular formula is C11H22N2O. The smallest absolute Gasteiger partial charge is 0.0565 e. The fourth-order valence-corrected chi connectivity index (χ4v) is 1.92. The molecule has 3 nitrogen and oxygen atoms in total. The summed E-state index contributed by atoms with van der Waals surface area (Å²) in [5.74, 6) is 0. The van der Waals surface area contributed by atoms with E-state index >= 15 is 0 Å². The second-order valence-electron chi connectivity index (χ2n) is 4.43. The van der Waals surface area contributed by atoms with Crippen LogP contribution in [0.25, 0.3) is 0 Å². The van der Waals surface area contributed by atoms with Crippen molar-refractivity contribution in [3.8, 4) is 0 Å². The third-order valence-corrected chi connectivity index (χ3v) is 2.82. The lowest BCUT2D eigenvalue weighted by Gasteiger charge is -2.40. The van der Waals surface area contributed by atoms with Crippen LogP contribution in [0.1, 0.15) is 26.7 Å². The molecule has 0 saturated carbocycles. The summed E-state index contributed by atoms with van der Waals surface area (Å²) in [5, 5.41) is 3.51. The molecule has 0 bridgehead atoms. The van der Waals surface area contributed by atoms with E-state index in [-0.39, 0.29) is 5.54 Å². The van der Waals surface area contributed by atoms with Crippen molar-refractivity contribution in [3.05, 3.63) is 12.2 Å². The van der Waals surface area contributed by atoms with Gasteiger partial charge in [-0.05, 0) is 26.7 Å². The lowest BCUT2D eigenvalue weighted by atomic mass is 9.87. The highest BCUT2D eigenvalue weighted by Crippen LogP contribution is 2.23. The van der Waals surface area contributed by atoms with Gasteiger partial charge >= 0.3 is 0 Å². The summed E-state index contributed by atoms with van der Waals surface area (Å²) < 4.78 is 5.52. The van der Waals surface area contributed by atoms with Crippen molar-refractivity contribution in [2.24, 2.45) is 5.73 Å². The first-order valence-electron chi connectivity index (χ1n) is 5.29. The Kier molecular flexibility index (Phi) is 4.11. The zero-order valence-electron chi connectivity index (χ0n) is 9.31. The van der Waals surface area contributed by atoms with Gasteiger partial charge < -0.3 is 15.8 Å². The van der Waals surface area contributed by atoms with E-state index in [1.165, 1.54) is 0 Å². The highest BCUT2D eigenvalue weighted by Gasteiger charge is 2.33. The first-order chi connectivity index (χ1) is 6.58. The van der Waals surface area contributed by atoms with Crippen molar-refractivity contribution >= 4 is 0 Å². The molecule has 2 unspecified atom stereocenters. The summed E-state index contributed by atoms with van der Waals surface area (Å²) in [6.45, 7) is 10.4. The highest BCUT2D eigenvalue weighted by molar-refractivity contribution is 4.99. The largest absolute Gasteiger partial charge is 0.378 e. The minimum absolute atomic E-state index is 0.0661. The maximum Gasteiger partial charge on any atom is 0.0565 e. The second kappa shape index (κ2) is 4.91. The highest BCUT2D eigenvalue weighted by atomic mass is 16.5. The van der Waals surface area contributed by atoms with Gasteiger partial charge in [0.2, 0.25) is 0 Å². The van der Waals surface area contributed by atoms with Crippen LogP contribution in [0.15, 0.2) is 12.2 Å². The van der Waals surface area contributed by atoms with Crippen LogP contribution in [0.2, 0.25) is 0 Å². The molecular weight excluding hydrogens is 176 g/mol. The van der Waals surface area contributed by atoms with Gasteiger partial charge in [0.05, 0.1) is 6.10 Å². The minimum atomic E-state index is 0.0661. The predicted molar refractivity (Wildman–Crippen MR) is 59.3 cm³/mol. The Labute approximate surface area is 86.7 Å². The fourth-order valence-electron chi connectivity index (χ4n) is 1.92. The molecule has 2 atom stereocenters. The molecule has 0 aromatic carbocycles. The Morgan fingerprint density at radius 1 is 1.71 bits per heavy atom. The van der Waals surface area contributed by atoms with Crippen LogP contribution < -0.4 is 11.1 Å². The molecule has 1 fully saturated rings. The first kappa shape index (κ1) is 11.7. The number of rotatable bonds is 4. The molecule has 0 radical (unpaired) electrons. The van der Waals surface area contributed by atoms with Crippen molar-refractivity contribution in [1.29, 1.82) is 0 Å². The van der Waals surface area contributed by atoms with Gasteiger partial charge in [0.25, 0.3) is 0 Å². The van der Waals surface area contributed by atoms with Crippen LogP contribution >= 0.6 is 0 Å². The van der Waals surface area contributed by atoms with Gasteiger partial charge in [-0.1, -0.05) is 12.2 Å². The van der Waals surface area contributed by atoms with Crippen molar-refractivity contribution in [3.63, 3.8) is 0 Å². The number of hydrogen-bond acceptors (Lipinski definition) is 3. The fraction of sp³-hybridized carbons (Fsp3) is 0.818. The molecule has 1 rings (SSSR count). The molecule has 3 N–H and O–H groups in total. The zero-order chi connectivity index (χ0) is 10.6. The summed E-state index contributed by atoms with van der Waals surface area (Å²) in [6.07, 6.45) is 2.31. The maximum atomic E-state index is 5.84.